The van der Waals surface area contributed by atoms with E-state index in [1.807, 2.05) is 6.49 Å². The van der Waals surface area contributed by atoms with Crippen LogP contribution in [-0.4, -0.2) is 19.4 Å². The van der Waals surface area contributed by atoms with Crippen molar-refractivity contribution in [3.05, 3.63) is 69.0 Å². The average Bonchev–Trinajstić information content (AvgIpc) is 3.29. The van der Waals surface area contributed by atoms with E-state index in [4.69, 9.17) is 0 Å². The van der Waals surface area contributed by atoms with Crippen molar-refractivity contribution in [3.63, 3.8) is 0 Å². The summed E-state index contributed by atoms with van der Waals surface area (Å²) in [5, 5.41) is 3.22. The SMILES string of the molecule is C[Si](C)(C)c1ccc2c(c1)-c1cc([Si](C)(C)C)ccc1[CH]2[Zr+2]([C]1=CC=CC1)=[C]1CCC1.[Cl-].[Cl-]. The van der Waals surface area contributed by atoms with Crippen molar-refractivity contribution >= 4 is 29.7 Å². The fourth-order valence-electron chi connectivity index (χ4n) is 5.38. The zero-order valence-electron chi connectivity index (χ0n) is 20.9. The van der Waals surface area contributed by atoms with Gasteiger partial charge in [0, 0.05) is 0 Å². The minimum atomic E-state index is -1.94. The second-order valence-corrected chi connectivity index (χ2v) is 28.7. The van der Waals surface area contributed by atoms with Crippen LogP contribution < -0.4 is 35.2 Å². The molecule has 5 heteroatoms. The number of hydrogen-bond donors (Lipinski definition) is 0. The van der Waals surface area contributed by atoms with Gasteiger partial charge in [-0.05, 0) is 0 Å². The average molecular weight is 591 g/mol. The Kier molecular flexibility index (Phi) is 8.25. The van der Waals surface area contributed by atoms with E-state index in [1.54, 1.807) is 32.6 Å². The normalized spacial score (nSPS) is 16.6. The molecule has 0 aliphatic heterocycles. The maximum atomic E-state index is 2.61. The van der Waals surface area contributed by atoms with Crippen LogP contribution in [0.1, 0.15) is 40.4 Å². The first-order valence-corrected chi connectivity index (χ1v) is 22.9. The molecular weight excluding hydrogens is 555 g/mol. The third kappa shape index (κ3) is 5.01. The van der Waals surface area contributed by atoms with Gasteiger partial charge in [-0.15, -0.1) is 0 Å². The molecule has 0 heterocycles. The van der Waals surface area contributed by atoms with Gasteiger partial charge < -0.3 is 24.8 Å². The molecule has 0 bridgehead atoms. The molecular formula is C28H36Cl2Si2Zr. The number of hydrogen-bond acceptors (Lipinski definition) is 0. The van der Waals surface area contributed by atoms with E-state index in [9.17, 15) is 0 Å². The Morgan fingerprint density at radius 2 is 1.27 bits per heavy atom. The molecule has 0 saturated heterocycles. The van der Waals surface area contributed by atoms with Crippen LogP contribution in [-0.2, 0) is 21.3 Å². The van der Waals surface area contributed by atoms with Crippen LogP contribution in [0.15, 0.2) is 57.9 Å². The molecule has 0 nitrogen and oxygen atoms in total. The van der Waals surface area contributed by atoms with E-state index in [0.29, 0.717) is 3.63 Å². The molecule has 0 unspecified atom stereocenters. The summed E-state index contributed by atoms with van der Waals surface area (Å²) in [7, 11) is -2.68. The van der Waals surface area contributed by atoms with Crippen LogP contribution in [0.5, 0.6) is 0 Å². The molecule has 0 spiro atoms. The first kappa shape index (κ1) is 27.3. The second kappa shape index (κ2) is 9.98. The number of halogens is 2. The van der Waals surface area contributed by atoms with Gasteiger partial charge in [0.25, 0.3) is 0 Å². The molecule has 1 saturated carbocycles. The molecule has 33 heavy (non-hydrogen) atoms. The Labute approximate surface area is 223 Å². The molecule has 5 rings (SSSR count). The van der Waals surface area contributed by atoms with Crippen LogP contribution in [0.25, 0.3) is 11.1 Å². The number of benzene rings is 2. The van der Waals surface area contributed by atoms with Gasteiger partial charge in [0.2, 0.25) is 0 Å². The summed E-state index contributed by atoms with van der Waals surface area (Å²) in [4.78, 5) is 0. The summed E-state index contributed by atoms with van der Waals surface area (Å²) in [6.45, 7) is 14.9. The van der Waals surface area contributed by atoms with Gasteiger partial charge >= 0.3 is 200 Å². The van der Waals surface area contributed by atoms with Crippen molar-refractivity contribution in [1.82, 2.24) is 0 Å². The van der Waals surface area contributed by atoms with E-state index in [-0.39, 0.29) is 24.8 Å². The Morgan fingerprint density at radius 1 is 0.758 bits per heavy atom. The summed E-state index contributed by atoms with van der Waals surface area (Å²) in [6.07, 6.45) is 12.7. The molecule has 0 radical (unpaired) electrons. The van der Waals surface area contributed by atoms with Gasteiger partial charge in [-0.3, -0.25) is 0 Å². The molecule has 0 N–H and O–H groups in total. The van der Waals surface area contributed by atoms with Gasteiger partial charge in [0.05, 0.1) is 0 Å². The quantitative estimate of drug-likeness (QED) is 0.460. The van der Waals surface area contributed by atoms with E-state index >= 15 is 0 Å². The smallest absolute Gasteiger partial charge is 1.00 e. The first-order chi connectivity index (χ1) is 14.6. The molecule has 0 atom stereocenters. The van der Waals surface area contributed by atoms with Crippen molar-refractivity contribution in [2.24, 2.45) is 0 Å². The minimum Gasteiger partial charge on any atom is -1.00 e. The second-order valence-electron chi connectivity index (χ2n) is 11.7. The monoisotopic (exact) mass is 588 g/mol. The summed E-state index contributed by atoms with van der Waals surface area (Å²) in [5.74, 6) is 0. The first-order valence-electron chi connectivity index (χ1n) is 12.0. The largest absolute Gasteiger partial charge is 1.00 e. The molecule has 0 aromatic heterocycles. The van der Waals surface area contributed by atoms with Gasteiger partial charge in [0.15, 0.2) is 0 Å². The molecule has 3 aliphatic carbocycles. The molecule has 2 aromatic rings. The Morgan fingerprint density at radius 3 is 1.64 bits per heavy atom. The van der Waals surface area contributed by atoms with Crippen molar-refractivity contribution in [2.45, 2.75) is 68.6 Å². The molecule has 3 aliphatic rings. The van der Waals surface area contributed by atoms with Crippen molar-refractivity contribution < 1.29 is 46.1 Å². The van der Waals surface area contributed by atoms with Crippen molar-refractivity contribution in [2.75, 3.05) is 0 Å². The van der Waals surface area contributed by atoms with Gasteiger partial charge in [-0.1, -0.05) is 0 Å². The van der Waals surface area contributed by atoms with Crippen molar-refractivity contribution in [3.8, 4) is 11.1 Å². The van der Waals surface area contributed by atoms with Gasteiger partial charge in [-0.2, -0.15) is 0 Å². The zero-order chi connectivity index (χ0) is 22.0. The summed E-state index contributed by atoms with van der Waals surface area (Å²) in [5.41, 5.74) is 6.52. The fourth-order valence-corrected chi connectivity index (χ4v) is 17.2. The van der Waals surface area contributed by atoms with Crippen LogP contribution >= 0.6 is 0 Å². The number of fused-ring (bicyclic) bond motifs is 3. The predicted molar refractivity (Wildman–Crippen MR) is 140 cm³/mol. The number of allylic oxidation sites excluding steroid dienone is 4. The fraction of sp³-hybridized carbons (Fsp3) is 0.393. The van der Waals surface area contributed by atoms with E-state index < -0.39 is 37.4 Å². The molecule has 1 fully saturated rings. The van der Waals surface area contributed by atoms with E-state index in [0.717, 1.165) is 0 Å². The Balaban J connectivity index is 0.00000153. The van der Waals surface area contributed by atoms with Crippen LogP contribution in [0.2, 0.25) is 39.3 Å². The Bertz CT molecular complexity index is 1090. The third-order valence-corrected chi connectivity index (χ3v) is 20.2. The van der Waals surface area contributed by atoms with Crippen molar-refractivity contribution in [1.29, 1.82) is 0 Å². The van der Waals surface area contributed by atoms with E-state index in [1.165, 1.54) is 25.7 Å². The van der Waals surface area contributed by atoms with E-state index in [2.05, 4.69) is 93.9 Å². The molecule has 174 valence electrons. The predicted octanol–water partition coefficient (Wildman–Crippen LogP) is 0.673. The Hall–Kier alpha value is -0.313. The van der Waals surface area contributed by atoms with Crippen LogP contribution in [0.4, 0.5) is 0 Å². The van der Waals surface area contributed by atoms with Gasteiger partial charge in [-0.25, -0.2) is 0 Å². The minimum absolute atomic E-state index is 0. The zero-order valence-corrected chi connectivity index (χ0v) is 26.8. The topological polar surface area (TPSA) is 0 Å². The molecule has 2 aromatic carbocycles. The summed E-state index contributed by atoms with van der Waals surface area (Å²) >= 11 is -1.94. The maximum absolute atomic E-state index is 2.61. The van der Waals surface area contributed by atoms with Crippen LogP contribution in [0, 0.1) is 0 Å². The van der Waals surface area contributed by atoms with Crippen LogP contribution in [0.3, 0.4) is 0 Å². The third-order valence-electron chi connectivity index (χ3n) is 7.49. The summed E-state index contributed by atoms with van der Waals surface area (Å²) in [6, 6.07) is 15.3. The maximum Gasteiger partial charge on any atom is -1.00 e. The summed E-state index contributed by atoms with van der Waals surface area (Å²) < 4.78 is 4.52. The number of rotatable bonds is 4. The standard InChI is InChI=1S/C19H25Si2.C5H5.C4H6.2ClH.Zr/c1-20(2,3)16-9-7-14-11-15-8-10-17(21(4,5)6)13-19(15)18(14)12-16;1-2-4-5-3-1;1-2-4-3-1;;;/h7-13H,1-6H3;1-3H,4H2;1-3H2;2*1H;/q;;;;;+2/p-2. The molecule has 0 amide bonds. The van der Waals surface area contributed by atoms with Gasteiger partial charge in [0.1, 0.15) is 0 Å².